The Balaban J connectivity index is 1.41. The Morgan fingerprint density at radius 1 is 1.12 bits per heavy atom. The molecule has 2 heterocycles. The van der Waals surface area contributed by atoms with Crippen LogP contribution < -0.4 is 15.4 Å². The first-order valence-electron chi connectivity index (χ1n) is 10.5. The number of hydrogen-bond acceptors (Lipinski definition) is 6. The molecule has 0 spiro atoms. The van der Waals surface area contributed by atoms with Gasteiger partial charge in [-0.15, -0.1) is 10.2 Å². The Morgan fingerprint density at radius 3 is 2.66 bits per heavy atom. The van der Waals surface area contributed by atoms with Gasteiger partial charge in [-0.2, -0.15) is 0 Å². The SMILES string of the molecule is CCc1ccccc1NC(=O)N1CCCC1C(=O)Nc1nnc(-c2ccc(OC)cc2)s1. The number of aromatic nitrogens is 2. The van der Waals surface area contributed by atoms with Crippen LogP contribution in [0.4, 0.5) is 15.6 Å². The highest BCUT2D eigenvalue weighted by Gasteiger charge is 2.34. The predicted octanol–water partition coefficient (Wildman–Crippen LogP) is 4.41. The van der Waals surface area contributed by atoms with Gasteiger partial charge in [0, 0.05) is 17.8 Å². The number of benzene rings is 2. The minimum atomic E-state index is -0.544. The smallest absolute Gasteiger partial charge is 0.322 e. The van der Waals surface area contributed by atoms with Gasteiger partial charge < -0.3 is 15.0 Å². The molecular formula is C23H25N5O3S. The van der Waals surface area contributed by atoms with Crippen molar-refractivity contribution in [3.63, 3.8) is 0 Å². The van der Waals surface area contributed by atoms with Crippen LogP contribution in [-0.2, 0) is 11.2 Å². The molecule has 1 aliphatic heterocycles. The minimum absolute atomic E-state index is 0.251. The molecule has 0 bridgehead atoms. The zero-order chi connectivity index (χ0) is 22.5. The van der Waals surface area contributed by atoms with Crippen LogP contribution in [0.25, 0.3) is 10.6 Å². The Kier molecular flexibility index (Phi) is 6.65. The quantitative estimate of drug-likeness (QED) is 0.579. The third-order valence-corrected chi connectivity index (χ3v) is 6.34. The summed E-state index contributed by atoms with van der Waals surface area (Å²) in [5.41, 5.74) is 2.72. The number of rotatable bonds is 6. The van der Waals surface area contributed by atoms with Crippen LogP contribution in [0.15, 0.2) is 48.5 Å². The molecule has 1 aromatic heterocycles. The molecule has 1 atom stereocenters. The van der Waals surface area contributed by atoms with Crippen LogP contribution in [0, 0.1) is 0 Å². The third kappa shape index (κ3) is 4.72. The summed E-state index contributed by atoms with van der Waals surface area (Å²) in [5, 5.41) is 15.2. The average molecular weight is 452 g/mol. The molecule has 1 saturated heterocycles. The number of amides is 3. The first kappa shape index (κ1) is 21.8. The monoisotopic (exact) mass is 451 g/mol. The minimum Gasteiger partial charge on any atom is -0.497 e. The van der Waals surface area contributed by atoms with E-state index in [2.05, 4.69) is 20.8 Å². The van der Waals surface area contributed by atoms with Gasteiger partial charge in [-0.05, 0) is 55.2 Å². The van der Waals surface area contributed by atoms with E-state index in [1.54, 1.807) is 12.0 Å². The van der Waals surface area contributed by atoms with Crippen LogP contribution in [0.3, 0.4) is 0 Å². The van der Waals surface area contributed by atoms with Gasteiger partial charge in [-0.3, -0.25) is 10.1 Å². The predicted molar refractivity (Wildman–Crippen MR) is 125 cm³/mol. The summed E-state index contributed by atoms with van der Waals surface area (Å²) in [5.74, 6) is 0.506. The van der Waals surface area contributed by atoms with Gasteiger partial charge in [0.25, 0.3) is 0 Å². The van der Waals surface area contributed by atoms with Crippen molar-refractivity contribution in [2.75, 3.05) is 24.3 Å². The molecule has 1 aliphatic rings. The normalized spacial score (nSPS) is 15.4. The zero-order valence-corrected chi connectivity index (χ0v) is 18.8. The summed E-state index contributed by atoms with van der Waals surface area (Å²) in [6, 6.07) is 14.4. The maximum absolute atomic E-state index is 12.9. The second-order valence-electron chi connectivity index (χ2n) is 7.42. The van der Waals surface area contributed by atoms with E-state index in [1.165, 1.54) is 11.3 Å². The van der Waals surface area contributed by atoms with E-state index in [9.17, 15) is 9.59 Å². The number of aryl methyl sites for hydroxylation is 1. The standard InChI is InChI=1S/C23H25N5O3S/c1-3-15-7-4-5-8-18(15)24-23(30)28-14-6-9-19(28)20(29)25-22-27-26-21(32-22)16-10-12-17(31-2)13-11-16/h4-5,7-8,10-13,19H,3,6,9,14H2,1-2H3,(H,24,30)(H,25,27,29). The van der Waals surface area contributed by atoms with Gasteiger partial charge in [0.1, 0.15) is 16.8 Å². The summed E-state index contributed by atoms with van der Waals surface area (Å²) in [4.78, 5) is 27.4. The summed E-state index contributed by atoms with van der Waals surface area (Å²) >= 11 is 1.29. The molecule has 0 radical (unpaired) electrons. The van der Waals surface area contributed by atoms with Gasteiger partial charge >= 0.3 is 6.03 Å². The average Bonchev–Trinajstić information content (AvgIpc) is 3.49. The van der Waals surface area contributed by atoms with Crippen molar-refractivity contribution in [2.24, 2.45) is 0 Å². The van der Waals surface area contributed by atoms with Crippen molar-refractivity contribution in [1.29, 1.82) is 0 Å². The Bertz CT molecular complexity index is 1100. The van der Waals surface area contributed by atoms with Crippen molar-refractivity contribution in [3.05, 3.63) is 54.1 Å². The first-order chi connectivity index (χ1) is 15.6. The van der Waals surface area contributed by atoms with E-state index < -0.39 is 6.04 Å². The maximum atomic E-state index is 12.9. The second kappa shape index (κ2) is 9.78. The Morgan fingerprint density at radius 2 is 1.91 bits per heavy atom. The molecule has 2 N–H and O–H groups in total. The van der Waals surface area contributed by atoms with Gasteiger partial charge in [0.05, 0.1) is 7.11 Å². The van der Waals surface area contributed by atoms with Gasteiger partial charge in [-0.25, -0.2) is 4.79 Å². The number of likely N-dealkylation sites (tertiary alicyclic amines) is 1. The third-order valence-electron chi connectivity index (χ3n) is 5.45. The highest BCUT2D eigenvalue weighted by molar-refractivity contribution is 7.18. The van der Waals surface area contributed by atoms with Crippen LogP contribution in [0.1, 0.15) is 25.3 Å². The first-order valence-corrected chi connectivity index (χ1v) is 11.3. The molecule has 4 rings (SSSR count). The largest absolute Gasteiger partial charge is 0.497 e. The number of para-hydroxylation sites is 1. The molecule has 0 aliphatic carbocycles. The molecular weight excluding hydrogens is 426 g/mol. The number of hydrogen-bond donors (Lipinski definition) is 2. The van der Waals surface area contributed by atoms with Crippen molar-refractivity contribution < 1.29 is 14.3 Å². The number of ether oxygens (including phenoxy) is 1. The highest BCUT2D eigenvalue weighted by Crippen LogP contribution is 2.29. The number of anilines is 2. The van der Waals surface area contributed by atoms with E-state index in [0.29, 0.717) is 23.1 Å². The van der Waals surface area contributed by atoms with Crippen LogP contribution in [0.5, 0.6) is 5.75 Å². The molecule has 9 heteroatoms. The fraction of sp³-hybridized carbons (Fsp3) is 0.304. The molecule has 8 nitrogen and oxygen atoms in total. The molecule has 1 unspecified atom stereocenters. The number of carbonyl (C=O) groups is 2. The molecule has 32 heavy (non-hydrogen) atoms. The molecule has 2 aromatic carbocycles. The van der Waals surface area contributed by atoms with Crippen LogP contribution >= 0.6 is 11.3 Å². The molecule has 1 fully saturated rings. The van der Waals surface area contributed by atoms with E-state index in [1.807, 2.05) is 55.5 Å². The Hall–Kier alpha value is -3.46. The lowest BCUT2D eigenvalue weighted by Crippen LogP contribution is -2.45. The van der Waals surface area contributed by atoms with Gasteiger partial charge in [0.15, 0.2) is 0 Å². The van der Waals surface area contributed by atoms with Crippen molar-refractivity contribution >= 4 is 34.1 Å². The van der Waals surface area contributed by atoms with E-state index >= 15 is 0 Å². The molecule has 3 amide bonds. The van der Waals surface area contributed by atoms with E-state index in [0.717, 1.165) is 35.4 Å². The summed E-state index contributed by atoms with van der Waals surface area (Å²) in [6.07, 6.45) is 2.20. The summed E-state index contributed by atoms with van der Waals surface area (Å²) in [6.45, 7) is 2.57. The summed E-state index contributed by atoms with van der Waals surface area (Å²) in [7, 11) is 1.61. The molecule has 0 saturated carbocycles. The number of urea groups is 1. The van der Waals surface area contributed by atoms with Crippen LogP contribution in [0.2, 0.25) is 0 Å². The zero-order valence-electron chi connectivity index (χ0n) is 18.0. The molecule has 3 aromatic rings. The second-order valence-corrected chi connectivity index (χ2v) is 8.40. The fourth-order valence-electron chi connectivity index (χ4n) is 3.73. The number of carbonyl (C=O) groups excluding carboxylic acids is 2. The Labute approximate surface area is 190 Å². The lowest BCUT2D eigenvalue weighted by atomic mass is 10.1. The van der Waals surface area contributed by atoms with E-state index in [-0.39, 0.29) is 11.9 Å². The topological polar surface area (TPSA) is 96.5 Å². The van der Waals surface area contributed by atoms with E-state index in [4.69, 9.17) is 4.74 Å². The summed E-state index contributed by atoms with van der Waals surface area (Å²) < 4.78 is 5.17. The number of methoxy groups -OCH3 is 1. The number of nitrogens with zero attached hydrogens (tertiary/aromatic N) is 3. The van der Waals surface area contributed by atoms with Crippen LogP contribution in [-0.4, -0.2) is 46.7 Å². The van der Waals surface area contributed by atoms with Gasteiger partial charge in [0.2, 0.25) is 11.0 Å². The number of nitrogens with one attached hydrogen (secondary N) is 2. The maximum Gasteiger partial charge on any atom is 0.322 e. The fourth-order valence-corrected chi connectivity index (χ4v) is 4.48. The molecule has 166 valence electrons. The van der Waals surface area contributed by atoms with Gasteiger partial charge in [-0.1, -0.05) is 36.5 Å². The van der Waals surface area contributed by atoms with Crippen molar-refractivity contribution in [1.82, 2.24) is 15.1 Å². The lowest BCUT2D eigenvalue weighted by molar-refractivity contribution is -0.119. The lowest BCUT2D eigenvalue weighted by Gasteiger charge is -2.24. The van der Waals surface area contributed by atoms with Crippen molar-refractivity contribution in [2.45, 2.75) is 32.2 Å². The highest BCUT2D eigenvalue weighted by atomic mass is 32.1. The van der Waals surface area contributed by atoms with Crippen molar-refractivity contribution in [3.8, 4) is 16.3 Å².